The van der Waals surface area contributed by atoms with E-state index in [1.54, 1.807) is 0 Å². The molecule has 0 bridgehead atoms. The molecule has 1 heterocycles. The maximum absolute atomic E-state index is 9.73. The van der Waals surface area contributed by atoms with Gasteiger partial charge in [0.05, 0.1) is 19.3 Å². The van der Waals surface area contributed by atoms with Crippen LogP contribution in [-0.2, 0) is 9.47 Å². The normalized spacial score (nSPS) is 37.2. The summed E-state index contributed by atoms with van der Waals surface area (Å²) in [4.78, 5) is 2.56. The number of hydrogen-bond donors (Lipinski definition) is 3. The third-order valence-corrected chi connectivity index (χ3v) is 2.41. The Balaban J connectivity index is 2.82. The fourth-order valence-corrected chi connectivity index (χ4v) is 1.55. The highest BCUT2D eigenvalue weighted by molar-refractivity contribution is 4.93. The summed E-state index contributed by atoms with van der Waals surface area (Å²) in [5.41, 5.74) is 8.37. The summed E-state index contributed by atoms with van der Waals surface area (Å²) in [5.74, 6) is 0. The standard InChI is InChI=1S/C9H15N3O5/c1-2-3-16-9-6(11-12-10)8(15)7(14)5(4-13)17-9/h2,5-9,13-15H,1,3-4H2/t5-,6-,7+,8-,9-/m1/s1. The Labute approximate surface area is 97.7 Å². The van der Waals surface area contributed by atoms with E-state index >= 15 is 0 Å². The van der Waals surface area contributed by atoms with E-state index in [0.717, 1.165) is 0 Å². The molecule has 1 saturated heterocycles. The topological polar surface area (TPSA) is 128 Å². The first-order chi connectivity index (χ1) is 8.15. The number of hydrogen-bond acceptors (Lipinski definition) is 6. The van der Waals surface area contributed by atoms with Crippen molar-refractivity contribution in [3.8, 4) is 0 Å². The summed E-state index contributed by atoms with van der Waals surface area (Å²) in [6.45, 7) is 3.10. The van der Waals surface area contributed by atoms with Gasteiger partial charge in [-0.15, -0.1) is 6.58 Å². The van der Waals surface area contributed by atoms with Gasteiger partial charge in [-0.1, -0.05) is 11.2 Å². The first-order valence-corrected chi connectivity index (χ1v) is 5.04. The minimum Gasteiger partial charge on any atom is -0.394 e. The molecule has 1 aliphatic heterocycles. The van der Waals surface area contributed by atoms with Crippen LogP contribution in [0.25, 0.3) is 10.4 Å². The number of nitrogens with zero attached hydrogens (tertiary/aromatic N) is 3. The molecule has 0 radical (unpaired) electrons. The fraction of sp³-hybridized carbons (Fsp3) is 0.778. The number of aliphatic hydroxyl groups is 3. The predicted molar refractivity (Wildman–Crippen MR) is 56.8 cm³/mol. The van der Waals surface area contributed by atoms with Crippen molar-refractivity contribution in [2.75, 3.05) is 13.2 Å². The Morgan fingerprint density at radius 1 is 1.47 bits per heavy atom. The van der Waals surface area contributed by atoms with Gasteiger partial charge in [0.15, 0.2) is 6.29 Å². The van der Waals surface area contributed by atoms with Crippen molar-refractivity contribution in [2.45, 2.75) is 30.6 Å². The average molecular weight is 245 g/mol. The number of ether oxygens (including phenoxy) is 2. The lowest BCUT2D eigenvalue weighted by atomic mass is 9.98. The average Bonchev–Trinajstić information content (AvgIpc) is 2.34. The van der Waals surface area contributed by atoms with Crippen molar-refractivity contribution < 1.29 is 24.8 Å². The highest BCUT2D eigenvalue weighted by Crippen LogP contribution is 2.24. The second kappa shape index (κ2) is 6.55. The van der Waals surface area contributed by atoms with E-state index < -0.39 is 37.3 Å². The summed E-state index contributed by atoms with van der Waals surface area (Å²) in [6.07, 6.45) is -3.24. The van der Waals surface area contributed by atoms with Gasteiger partial charge < -0.3 is 24.8 Å². The van der Waals surface area contributed by atoms with Gasteiger partial charge in [-0.3, -0.25) is 0 Å². The molecule has 0 spiro atoms. The third-order valence-electron chi connectivity index (χ3n) is 2.41. The lowest BCUT2D eigenvalue weighted by molar-refractivity contribution is -0.262. The molecule has 0 saturated carbocycles. The molecule has 0 unspecified atom stereocenters. The van der Waals surface area contributed by atoms with Gasteiger partial charge in [-0.2, -0.15) is 0 Å². The third kappa shape index (κ3) is 3.16. The van der Waals surface area contributed by atoms with Gasteiger partial charge in [0.2, 0.25) is 0 Å². The molecule has 8 nitrogen and oxygen atoms in total. The second-order valence-corrected chi connectivity index (χ2v) is 3.52. The molecule has 1 fully saturated rings. The molecule has 0 aromatic rings. The SMILES string of the molecule is C=CCO[C@@H]1O[C@H](CO)[C@H](O)[C@H](O)[C@H]1N=[N+]=[N-]. The van der Waals surface area contributed by atoms with Crippen LogP contribution < -0.4 is 0 Å². The highest BCUT2D eigenvalue weighted by atomic mass is 16.7. The van der Waals surface area contributed by atoms with Crippen molar-refractivity contribution in [3.63, 3.8) is 0 Å². The molecule has 8 heteroatoms. The largest absolute Gasteiger partial charge is 0.394 e. The molecular formula is C9H15N3O5. The quantitative estimate of drug-likeness (QED) is 0.255. The van der Waals surface area contributed by atoms with Crippen LogP contribution in [0.3, 0.4) is 0 Å². The van der Waals surface area contributed by atoms with Crippen LogP contribution in [0.15, 0.2) is 17.8 Å². The number of rotatable bonds is 5. The highest BCUT2D eigenvalue weighted by Gasteiger charge is 2.44. The first kappa shape index (κ1) is 13.9. The Kier molecular flexibility index (Phi) is 5.36. The predicted octanol–water partition coefficient (Wildman–Crippen LogP) is -0.693. The lowest BCUT2D eigenvalue weighted by Gasteiger charge is -2.39. The van der Waals surface area contributed by atoms with E-state index in [1.807, 2.05) is 0 Å². The summed E-state index contributed by atoms with van der Waals surface area (Å²) in [5, 5.41) is 31.6. The summed E-state index contributed by atoms with van der Waals surface area (Å²) < 4.78 is 10.4. The van der Waals surface area contributed by atoms with E-state index in [1.165, 1.54) is 6.08 Å². The van der Waals surface area contributed by atoms with Gasteiger partial charge >= 0.3 is 0 Å². The summed E-state index contributed by atoms with van der Waals surface area (Å²) in [6, 6.07) is -1.07. The minimum absolute atomic E-state index is 0.128. The monoisotopic (exact) mass is 245 g/mol. The Morgan fingerprint density at radius 2 is 2.18 bits per heavy atom. The van der Waals surface area contributed by atoms with Crippen LogP contribution in [0, 0.1) is 0 Å². The second-order valence-electron chi connectivity index (χ2n) is 3.52. The lowest BCUT2D eigenvalue weighted by Crippen LogP contribution is -2.58. The molecule has 1 rings (SSSR count). The van der Waals surface area contributed by atoms with E-state index in [9.17, 15) is 10.2 Å². The van der Waals surface area contributed by atoms with Crippen LogP contribution in [0.2, 0.25) is 0 Å². The molecule has 17 heavy (non-hydrogen) atoms. The van der Waals surface area contributed by atoms with Crippen LogP contribution in [-0.4, -0.2) is 59.2 Å². The number of aliphatic hydroxyl groups excluding tert-OH is 3. The van der Waals surface area contributed by atoms with E-state index in [4.69, 9.17) is 20.1 Å². The fourth-order valence-electron chi connectivity index (χ4n) is 1.55. The molecule has 5 atom stereocenters. The summed E-state index contributed by atoms with van der Waals surface area (Å²) in [7, 11) is 0. The first-order valence-electron chi connectivity index (χ1n) is 5.04. The van der Waals surface area contributed by atoms with Crippen molar-refractivity contribution in [2.24, 2.45) is 5.11 Å². The molecular weight excluding hydrogens is 230 g/mol. The minimum atomic E-state index is -1.35. The molecule has 96 valence electrons. The number of azide groups is 1. The van der Waals surface area contributed by atoms with Gasteiger partial charge in [0.25, 0.3) is 0 Å². The summed E-state index contributed by atoms with van der Waals surface area (Å²) >= 11 is 0. The van der Waals surface area contributed by atoms with Crippen LogP contribution in [0.4, 0.5) is 0 Å². The molecule has 1 aliphatic rings. The molecule has 3 N–H and O–H groups in total. The van der Waals surface area contributed by atoms with Crippen molar-refractivity contribution in [3.05, 3.63) is 23.1 Å². The zero-order chi connectivity index (χ0) is 12.8. The van der Waals surface area contributed by atoms with E-state index in [2.05, 4.69) is 16.6 Å². The van der Waals surface area contributed by atoms with Gasteiger partial charge in [-0.25, -0.2) is 0 Å². The Hall–Kier alpha value is -1.15. The van der Waals surface area contributed by atoms with E-state index in [-0.39, 0.29) is 6.61 Å². The molecule has 0 aliphatic carbocycles. The van der Waals surface area contributed by atoms with Gasteiger partial charge in [0, 0.05) is 4.91 Å². The Morgan fingerprint density at radius 3 is 2.71 bits per heavy atom. The molecule has 0 aromatic carbocycles. The van der Waals surface area contributed by atoms with Crippen molar-refractivity contribution >= 4 is 0 Å². The van der Waals surface area contributed by atoms with E-state index in [0.29, 0.717) is 0 Å². The smallest absolute Gasteiger partial charge is 0.169 e. The molecule has 0 aromatic heterocycles. The zero-order valence-corrected chi connectivity index (χ0v) is 9.09. The van der Waals surface area contributed by atoms with Crippen molar-refractivity contribution in [1.82, 2.24) is 0 Å². The molecule has 0 amide bonds. The van der Waals surface area contributed by atoms with Gasteiger partial charge in [-0.05, 0) is 5.53 Å². The zero-order valence-electron chi connectivity index (χ0n) is 9.09. The maximum Gasteiger partial charge on any atom is 0.169 e. The van der Waals surface area contributed by atoms with Crippen LogP contribution in [0.1, 0.15) is 0 Å². The van der Waals surface area contributed by atoms with Crippen LogP contribution in [0.5, 0.6) is 0 Å². The maximum atomic E-state index is 9.73. The van der Waals surface area contributed by atoms with Crippen molar-refractivity contribution in [1.29, 1.82) is 0 Å². The Bertz CT molecular complexity index is 307. The van der Waals surface area contributed by atoms with Gasteiger partial charge in [0.1, 0.15) is 18.2 Å². The van der Waals surface area contributed by atoms with Crippen LogP contribution >= 0.6 is 0 Å².